The molecule has 0 bridgehead atoms. The van der Waals surface area contributed by atoms with E-state index in [2.05, 4.69) is 33.4 Å². The monoisotopic (exact) mass is 309 g/mol. The van der Waals surface area contributed by atoms with Crippen LogP contribution in [0.2, 0.25) is 0 Å². The van der Waals surface area contributed by atoms with Crippen LogP contribution in [-0.2, 0) is 6.42 Å². The Morgan fingerprint density at radius 1 is 1.28 bits per heavy atom. The average Bonchev–Trinajstić information content (AvgIpc) is 2.83. The molecule has 0 saturated carbocycles. The van der Waals surface area contributed by atoms with Crippen molar-refractivity contribution >= 4 is 15.9 Å². The lowest BCUT2D eigenvalue weighted by atomic mass is 10.0. The summed E-state index contributed by atoms with van der Waals surface area (Å²) >= 11 is 3.42. The van der Waals surface area contributed by atoms with Crippen LogP contribution in [0.3, 0.4) is 0 Å². The molecule has 0 saturated heterocycles. The van der Waals surface area contributed by atoms with Crippen molar-refractivity contribution in [1.82, 2.24) is 5.32 Å². The molecule has 0 aliphatic heterocycles. The molecule has 0 aliphatic rings. The van der Waals surface area contributed by atoms with Crippen molar-refractivity contribution < 1.29 is 9.15 Å². The van der Waals surface area contributed by atoms with E-state index in [-0.39, 0.29) is 6.04 Å². The van der Waals surface area contributed by atoms with Crippen LogP contribution in [0, 0.1) is 0 Å². The zero-order valence-electron chi connectivity index (χ0n) is 10.4. The Morgan fingerprint density at radius 3 is 2.50 bits per heavy atom. The van der Waals surface area contributed by atoms with Gasteiger partial charge in [-0.25, -0.2) is 0 Å². The molecule has 0 fully saturated rings. The largest absolute Gasteiger partial charge is 0.497 e. The molecular weight excluding hydrogens is 294 g/mol. The molecule has 0 aliphatic carbocycles. The number of hydrogen-bond donors (Lipinski definition) is 1. The van der Waals surface area contributed by atoms with Gasteiger partial charge in [-0.3, -0.25) is 0 Å². The van der Waals surface area contributed by atoms with Gasteiger partial charge in [-0.2, -0.15) is 0 Å². The first-order valence-corrected chi connectivity index (χ1v) is 6.57. The molecule has 1 aromatic heterocycles. The summed E-state index contributed by atoms with van der Waals surface area (Å²) in [5, 5.41) is 3.30. The number of likely N-dealkylation sites (N-methyl/N-ethyl adjacent to an activating group) is 1. The molecule has 1 N–H and O–H groups in total. The molecule has 0 spiro atoms. The molecule has 2 rings (SSSR count). The molecule has 1 aromatic carbocycles. The van der Waals surface area contributed by atoms with Gasteiger partial charge >= 0.3 is 0 Å². The Bertz CT molecular complexity index is 493. The summed E-state index contributed by atoms with van der Waals surface area (Å²) in [7, 11) is 3.63. The highest BCUT2D eigenvalue weighted by atomic mass is 79.9. The van der Waals surface area contributed by atoms with Crippen molar-refractivity contribution in [3.63, 3.8) is 0 Å². The van der Waals surface area contributed by atoms with Crippen LogP contribution in [0.5, 0.6) is 5.75 Å². The second-order valence-electron chi connectivity index (χ2n) is 4.04. The fourth-order valence-corrected chi connectivity index (χ4v) is 2.44. The second-order valence-corrected chi connectivity index (χ2v) is 4.76. The van der Waals surface area contributed by atoms with E-state index in [0.29, 0.717) is 0 Å². The zero-order valence-corrected chi connectivity index (χ0v) is 12.0. The molecule has 1 unspecified atom stereocenters. The van der Waals surface area contributed by atoms with Gasteiger partial charge in [0.25, 0.3) is 0 Å². The van der Waals surface area contributed by atoms with Gasteiger partial charge in [0.15, 0.2) is 4.67 Å². The maximum absolute atomic E-state index is 5.28. The van der Waals surface area contributed by atoms with Gasteiger partial charge in [-0.15, -0.1) is 0 Å². The van der Waals surface area contributed by atoms with Gasteiger partial charge < -0.3 is 14.5 Å². The predicted molar refractivity (Wildman–Crippen MR) is 74.9 cm³/mol. The third kappa shape index (κ3) is 2.94. The van der Waals surface area contributed by atoms with Crippen LogP contribution in [0.4, 0.5) is 0 Å². The van der Waals surface area contributed by atoms with Crippen LogP contribution in [-0.4, -0.2) is 14.2 Å². The summed E-state index contributed by atoms with van der Waals surface area (Å²) in [5.74, 6) is 0.879. The lowest BCUT2D eigenvalue weighted by molar-refractivity contribution is 0.414. The normalized spacial score (nSPS) is 12.4. The Balaban J connectivity index is 2.13. The maximum Gasteiger partial charge on any atom is 0.173 e. The summed E-state index contributed by atoms with van der Waals surface area (Å²) in [5.41, 5.74) is 2.39. The number of methoxy groups -OCH3 is 1. The van der Waals surface area contributed by atoms with Gasteiger partial charge in [0.05, 0.1) is 13.4 Å². The van der Waals surface area contributed by atoms with Crippen LogP contribution in [0.25, 0.3) is 0 Å². The minimum absolute atomic E-state index is 0.228. The topological polar surface area (TPSA) is 34.4 Å². The lowest BCUT2D eigenvalue weighted by Crippen LogP contribution is -2.18. The van der Waals surface area contributed by atoms with Crippen molar-refractivity contribution in [2.75, 3.05) is 14.2 Å². The van der Waals surface area contributed by atoms with Crippen molar-refractivity contribution in [3.05, 3.63) is 52.4 Å². The van der Waals surface area contributed by atoms with Crippen molar-refractivity contribution in [2.24, 2.45) is 0 Å². The fourth-order valence-electron chi connectivity index (χ4n) is 1.92. The van der Waals surface area contributed by atoms with Crippen molar-refractivity contribution in [2.45, 2.75) is 12.5 Å². The van der Waals surface area contributed by atoms with E-state index < -0.39 is 0 Å². The van der Waals surface area contributed by atoms with Crippen molar-refractivity contribution in [3.8, 4) is 5.75 Å². The average molecular weight is 310 g/mol. The number of furan rings is 1. The van der Waals surface area contributed by atoms with Crippen LogP contribution < -0.4 is 10.1 Å². The van der Waals surface area contributed by atoms with E-state index in [1.54, 1.807) is 13.4 Å². The van der Waals surface area contributed by atoms with Crippen LogP contribution in [0.15, 0.2) is 45.7 Å². The van der Waals surface area contributed by atoms with E-state index in [4.69, 9.17) is 9.15 Å². The number of ether oxygens (including phenoxy) is 1. The van der Waals surface area contributed by atoms with Gasteiger partial charge in [0, 0.05) is 11.6 Å². The van der Waals surface area contributed by atoms with E-state index >= 15 is 0 Å². The second kappa shape index (κ2) is 6.07. The molecule has 4 heteroatoms. The van der Waals surface area contributed by atoms with Gasteiger partial charge in [0.1, 0.15) is 5.75 Å². The van der Waals surface area contributed by atoms with E-state index in [9.17, 15) is 0 Å². The summed E-state index contributed by atoms with van der Waals surface area (Å²) in [6.45, 7) is 0. The number of rotatable bonds is 5. The Labute approximate surface area is 115 Å². The van der Waals surface area contributed by atoms with Crippen LogP contribution >= 0.6 is 15.9 Å². The molecule has 96 valence electrons. The minimum atomic E-state index is 0.228. The Hall–Kier alpha value is -1.26. The van der Waals surface area contributed by atoms with Gasteiger partial charge in [0.2, 0.25) is 0 Å². The highest BCUT2D eigenvalue weighted by molar-refractivity contribution is 9.10. The minimum Gasteiger partial charge on any atom is -0.497 e. The molecule has 1 heterocycles. The third-order valence-corrected chi connectivity index (χ3v) is 3.61. The molecule has 3 nitrogen and oxygen atoms in total. The fraction of sp³-hybridized carbons (Fsp3) is 0.286. The van der Waals surface area contributed by atoms with E-state index in [0.717, 1.165) is 22.4 Å². The molecule has 0 amide bonds. The SMILES string of the molecule is CNC(Cc1ccc(OC)cc1)c1ccoc1Br. The lowest BCUT2D eigenvalue weighted by Gasteiger charge is -2.15. The zero-order chi connectivity index (χ0) is 13.0. The van der Waals surface area contributed by atoms with E-state index in [1.165, 1.54) is 5.56 Å². The highest BCUT2D eigenvalue weighted by Gasteiger charge is 2.15. The predicted octanol–water partition coefficient (Wildman–Crippen LogP) is 3.55. The maximum atomic E-state index is 5.28. The number of hydrogen-bond acceptors (Lipinski definition) is 3. The highest BCUT2D eigenvalue weighted by Crippen LogP contribution is 2.27. The van der Waals surface area contributed by atoms with E-state index in [1.807, 2.05) is 25.2 Å². The quantitative estimate of drug-likeness (QED) is 0.917. The van der Waals surface area contributed by atoms with Crippen LogP contribution in [0.1, 0.15) is 17.2 Å². The Kier molecular flexibility index (Phi) is 4.44. The summed E-state index contributed by atoms with van der Waals surface area (Å²) < 4.78 is 11.2. The standard InChI is InChI=1S/C14H16BrNO2/c1-16-13(12-7-8-18-14(12)15)9-10-3-5-11(17-2)6-4-10/h3-8,13,16H,9H2,1-2H3. The van der Waals surface area contributed by atoms with Gasteiger partial charge in [-0.1, -0.05) is 12.1 Å². The molecule has 18 heavy (non-hydrogen) atoms. The summed E-state index contributed by atoms with van der Waals surface area (Å²) in [6, 6.07) is 10.3. The molecule has 0 radical (unpaired) electrons. The first-order chi connectivity index (χ1) is 8.74. The third-order valence-electron chi connectivity index (χ3n) is 2.97. The molecule has 2 aromatic rings. The van der Waals surface area contributed by atoms with Gasteiger partial charge in [-0.05, 0) is 53.2 Å². The number of nitrogens with one attached hydrogen (secondary N) is 1. The first kappa shape index (κ1) is 13.2. The van der Waals surface area contributed by atoms with Crippen molar-refractivity contribution in [1.29, 1.82) is 0 Å². The smallest absolute Gasteiger partial charge is 0.173 e. The molecule has 1 atom stereocenters. The summed E-state index contributed by atoms with van der Waals surface area (Å²) in [6.07, 6.45) is 2.59. The molecular formula is C14H16BrNO2. The summed E-state index contributed by atoms with van der Waals surface area (Å²) in [4.78, 5) is 0. The number of benzene rings is 1. The first-order valence-electron chi connectivity index (χ1n) is 5.77. The number of halogens is 1. The Morgan fingerprint density at radius 2 is 2.00 bits per heavy atom.